The monoisotopic (exact) mass is 156 g/mol. The molecule has 2 heteroatoms. The molecule has 66 valence electrons. The first kappa shape index (κ1) is 9.01. The summed E-state index contributed by atoms with van der Waals surface area (Å²) in [5.41, 5.74) is 6.31. The van der Waals surface area contributed by atoms with E-state index in [9.17, 15) is 0 Å². The van der Waals surface area contributed by atoms with Crippen LogP contribution in [-0.2, 0) is 0 Å². The van der Waals surface area contributed by atoms with E-state index in [0.29, 0.717) is 17.5 Å². The molecule has 0 aromatic rings. The van der Waals surface area contributed by atoms with Crippen LogP contribution in [0.25, 0.3) is 0 Å². The lowest BCUT2D eigenvalue weighted by Gasteiger charge is -2.55. The molecule has 1 unspecified atom stereocenters. The van der Waals surface area contributed by atoms with Gasteiger partial charge in [0.1, 0.15) is 0 Å². The molecule has 11 heavy (non-hydrogen) atoms. The van der Waals surface area contributed by atoms with Gasteiger partial charge in [0, 0.05) is 11.6 Å². The first-order chi connectivity index (χ1) is 5.01. The molecular formula is C9H20N2. The van der Waals surface area contributed by atoms with Crippen LogP contribution in [0.15, 0.2) is 0 Å². The second kappa shape index (κ2) is 2.76. The van der Waals surface area contributed by atoms with Gasteiger partial charge in [-0.3, -0.25) is 0 Å². The Bertz CT molecular complexity index is 123. The third kappa shape index (κ3) is 1.09. The van der Waals surface area contributed by atoms with E-state index in [2.05, 4.69) is 32.8 Å². The predicted octanol–water partition coefficient (Wildman–Crippen LogP) is 1.06. The van der Waals surface area contributed by atoms with Gasteiger partial charge in [0.2, 0.25) is 0 Å². The molecule has 0 heterocycles. The largest absolute Gasteiger partial charge is 0.326 e. The maximum Gasteiger partial charge on any atom is 0.0377 e. The lowest BCUT2D eigenvalue weighted by Crippen LogP contribution is -2.67. The normalized spacial score (nSPS) is 37.9. The van der Waals surface area contributed by atoms with Crippen molar-refractivity contribution in [2.24, 2.45) is 11.7 Å². The van der Waals surface area contributed by atoms with Crippen molar-refractivity contribution in [3.8, 4) is 0 Å². The summed E-state index contributed by atoms with van der Waals surface area (Å²) in [6, 6.07) is 0.387. The van der Waals surface area contributed by atoms with Crippen LogP contribution in [-0.4, -0.2) is 30.6 Å². The number of likely N-dealkylation sites (N-methyl/N-ethyl adjacent to an activating group) is 1. The summed E-state index contributed by atoms with van der Waals surface area (Å²) in [6.07, 6.45) is 2.45. The van der Waals surface area contributed by atoms with Gasteiger partial charge < -0.3 is 10.6 Å². The summed E-state index contributed by atoms with van der Waals surface area (Å²) in [6.45, 7) is 4.53. The number of nitrogens with zero attached hydrogens (tertiary/aromatic N) is 1. The molecule has 1 fully saturated rings. The summed E-state index contributed by atoms with van der Waals surface area (Å²) in [4.78, 5) is 2.30. The Morgan fingerprint density at radius 2 is 2.00 bits per heavy atom. The first-order valence-electron chi connectivity index (χ1n) is 4.45. The standard InChI is InChI=1S/C9H20N2/c1-7(2)9(11(3)4)6-5-8(9)10/h7-8H,5-6,10H2,1-4H3/t8-,9?/m0/s1. The molecule has 0 spiro atoms. The van der Waals surface area contributed by atoms with E-state index >= 15 is 0 Å². The van der Waals surface area contributed by atoms with Gasteiger partial charge in [0.05, 0.1) is 0 Å². The van der Waals surface area contributed by atoms with Crippen molar-refractivity contribution in [1.29, 1.82) is 0 Å². The van der Waals surface area contributed by atoms with Gasteiger partial charge in [0.25, 0.3) is 0 Å². The molecule has 0 aromatic carbocycles. The maximum absolute atomic E-state index is 6.02. The molecule has 1 aliphatic carbocycles. The van der Waals surface area contributed by atoms with Gasteiger partial charge >= 0.3 is 0 Å². The Balaban J connectivity index is 2.73. The molecule has 0 saturated heterocycles. The maximum atomic E-state index is 6.02. The van der Waals surface area contributed by atoms with Gasteiger partial charge in [-0.25, -0.2) is 0 Å². The SMILES string of the molecule is CC(C)C1(N(C)C)CC[C@@H]1N. The molecule has 0 radical (unpaired) electrons. The zero-order chi connectivity index (χ0) is 8.65. The lowest BCUT2D eigenvalue weighted by molar-refractivity contribution is -0.00851. The van der Waals surface area contributed by atoms with Gasteiger partial charge in [0.15, 0.2) is 0 Å². The molecule has 0 amide bonds. The molecule has 2 atom stereocenters. The lowest BCUT2D eigenvalue weighted by atomic mass is 9.65. The van der Waals surface area contributed by atoms with Crippen molar-refractivity contribution in [3.05, 3.63) is 0 Å². The van der Waals surface area contributed by atoms with Crippen LogP contribution >= 0.6 is 0 Å². The second-order valence-electron chi connectivity index (χ2n) is 4.19. The van der Waals surface area contributed by atoms with E-state index in [4.69, 9.17) is 5.73 Å². The number of nitrogens with two attached hydrogens (primary N) is 1. The molecule has 0 aromatic heterocycles. The fourth-order valence-corrected chi connectivity index (χ4v) is 2.40. The smallest absolute Gasteiger partial charge is 0.0377 e. The fourth-order valence-electron chi connectivity index (χ4n) is 2.40. The van der Waals surface area contributed by atoms with E-state index in [0.717, 1.165) is 0 Å². The van der Waals surface area contributed by atoms with E-state index in [1.54, 1.807) is 0 Å². The third-order valence-corrected chi connectivity index (χ3v) is 3.33. The molecule has 1 aliphatic rings. The highest BCUT2D eigenvalue weighted by molar-refractivity contribution is 5.07. The number of rotatable bonds is 2. The highest BCUT2D eigenvalue weighted by Gasteiger charge is 2.48. The van der Waals surface area contributed by atoms with Crippen molar-refractivity contribution in [2.75, 3.05) is 14.1 Å². The summed E-state index contributed by atoms with van der Waals surface area (Å²) >= 11 is 0. The van der Waals surface area contributed by atoms with Crippen LogP contribution in [0, 0.1) is 5.92 Å². The molecule has 0 aliphatic heterocycles. The zero-order valence-corrected chi connectivity index (χ0v) is 8.09. The van der Waals surface area contributed by atoms with Crippen molar-refractivity contribution in [2.45, 2.75) is 38.3 Å². The van der Waals surface area contributed by atoms with Crippen LogP contribution < -0.4 is 5.73 Å². The van der Waals surface area contributed by atoms with Crippen LogP contribution in [0.4, 0.5) is 0 Å². The average Bonchev–Trinajstić information content (AvgIpc) is 1.83. The fraction of sp³-hybridized carbons (Fsp3) is 1.00. The summed E-state index contributed by atoms with van der Waals surface area (Å²) in [5.74, 6) is 0.668. The Morgan fingerprint density at radius 1 is 1.45 bits per heavy atom. The Hall–Kier alpha value is -0.0800. The van der Waals surface area contributed by atoms with E-state index in [1.807, 2.05) is 0 Å². The molecule has 0 bridgehead atoms. The highest BCUT2D eigenvalue weighted by atomic mass is 15.2. The molecular weight excluding hydrogens is 136 g/mol. The van der Waals surface area contributed by atoms with E-state index in [-0.39, 0.29) is 0 Å². The van der Waals surface area contributed by atoms with Crippen molar-refractivity contribution >= 4 is 0 Å². The van der Waals surface area contributed by atoms with Gasteiger partial charge in [-0.1, -0.05) is 13.8 Å². The summed E-state index contributed by atoms with van der Waals surface area (Å²) in [7, 11) is 4.28. The molecule has 1 saturated carbocycles. The van der Waals surface area contributed by atoms with Gasteiger partial charge in [-0.2, -0.15) is 0 Å². The second-order valence-corrected chi connectivity index (χ2v) is 4.19. The van der Waals surface area contributed by atoms with Crippen molar-refractivity contribution in [1.82, 2.24) is 4.90 Å². The minimum atomic E-state index is 0.292. The minimum Gasteiger partial charge on any atom is -0.326 e. The highest BCUT2D eigenvalue weighted by Crippen LogP contribution is 2.41. The topological polar surface area (TPSA) is 29.3 Å². The summed E-state index contributed by atoms with van der Waals surface area (Å²) in [5, 5.41) is 0. The molecule has 2 nitrogen and oxygen atoms in total. The van der Waals surface area contributed by atoms with Crippen LogP contribution in [0.2, 0.25) is 0 Å². The van der Waals surface area contributed by atoms with Gasteiger partial charge in [-0.05, 0) is 32.9 Å². The average molecular weight is 156 g/mol. The number of hydrogen-bond acceptors (Lipinski definition) is 2. The zero-order valence-electron chi connectivity index (χ0n) is 8.09. The Morgan fingerprint density at radius 3 is 2.00 bits per heavy atom. The van der Waals surface area contributed by atoms with Crippen LogP contribution in [0.5, 0.6) is 0 Å². The van der Waals surface area contributed by atoms with Crippen molar-refractivity contribution in [3.63, 3.8) is 0 Å². The summed E-state index contributed by atoms with van der Waals surface area (Å²) < 4.78 is 0. The molecule has 1 rings (SSSR count). The predicted molar refractivity (Wildman–Crippen MR) is 48.5 cm³/mol. The van der Waals surface area contributed by atoms with Crippen LogP contribution in [0.3, 0.4) is 0 Å². The van der Waals surface area contributed by atoms with Crippen LogP contribution in [0.1, 0.15) is 26.7 Å². The minimum absolute atomic E-state index is 0.292. The van der Waals surface area contributed by atoms with Crippen molar-refractivity contribution < 1.29 is 0 Å². The number of hydrogen-bond donors (Lipinski definition) is 1. The molecule has 2 N–H and O–H groups in total. The Kier molecular flexibility index (Phi) is 2.26. The van der Waals surface area contributed by atoms with E-state index in [1.165, 1.54) is 12.8 Å². The quantitative estimate of drug-likeness (QED) is 0.648. The van der Waals surface area contributed by atoms with E-state index < -0.39 is 0 Å². The van der Waals surface area contributed by atoms with Gasteiger partial charge in [-0.15, -0.1) is 0 Å². The third-order valence-electron chi connectivity index (χ3n) is 3.33. The Labute approximate surface area is 69.8 Å². The first-order valence-corrected chi connectivity index (χ1v) is 4.45.